The second-order valence-corrected chi connectivity index (χ2v) is 20.9. The molecule has 13 aromatic rings. The average Bonchev–Trinajstić information content (AvgIpc) is 4.26. The van der Waals surface area contributed by atoms with Crippen LogP contribution >= 0.6 is 11.3 Å². The molecular weight excluding hydrogens is 903 g/mol. The number of anilines is 3. The van der Waals surface area contributed by atoms with Crippen LogP contribution < -0.4 is 4.90 Å². The van der Waals surface area contributed by atoms with Gasteiger partial charge in [0.25, 0.3) is 0 Å². The van der Waals surface area contributed by atoms with Crippen LogP contribution in [-0.4, -0.2) is 0 Å². The van der Waals surface area contributed by atoms with E-state index < -0.39 is 0 Å². The number of fused-ring (bicyclic) bond motifs is 12. The highest BCUT2D eigenvalue weighted by molar-refractivity contribution is 7.26. The number of thiophene rings is 1. The molecule has 2 nitrogen and oxygen atoms in total. The van der Waals surface area contributed by atoms with Crippen LogP contribution in [0.2, 0.25) is 0 Å². The quantitative estimate of drug-likeness (QED) is 0.158. The topological polar surface area (TPSA) is 16.4 Å². The Balaban J connectivity index is 1.16. The van der Waals surface area contributed by atoms with Crippen LogP contribution in [-0.2, 0) is 12.8 Å². The van der Waals surface area contributed by atoms with E-state index in [1.54, 1.807) is 0 Å². The van der Waals surface area contributed by atoms with Crippen LogP contribution in [0.5, 0.6) is 0 Å². The lowest BCUT2D eigenvalue weighted by molar-refractivity contribution is 0.669. The molecule has 2 aliphatic rings. The van der Waals surface area contributed by atoms with Crippen molar-refractivity contribution in [3.05, 3.63) is 258 Å². The molecule has 0 aliphatic heterocycles. The number of benzene rings is 11. The minimum absolute atomic E-state index is 0.807. The molecule has 0 bridgehead atoms. The van der Waals surface area contributed by atoms with Gasteiger partial charge < -0.3 is 9.32 Å². The number of nitrogens with zero attached hydrogens (tertiary/aromatic N) is 1. The van der Waals surface area contributed by atoms with Crippen molar-refractivity contribution in [2.24, 2.45) is 0 Å². The van der Waals surface area contributed by atoms with Gasteiger partial charge in [-0.3, -0.25) is 0 Å². The van der Waals surface area contributed by atoms with Gasteiger partial charge in [-0.05, 0) is 133 Å². The standard InChI is InChI=1S/C70H47NOS/c1-42-38-57-48-26-11-9-24-46(48)39-59(57)68(43(42)2)71(70-60-40-47-25-10-12-27-49(47)58(60)41-56(44-20-5-3-6-21-44)65(70)45-22-7-4-8-23-45)69-53(36-37-64-67(69)55-31-16-18-35-63(55)73-64)51-29-14-13-28-50(51)52-32-19-34-62-66(52)54-30-15-17-33-61(54)72-62/h3-38,41H,39-40H2,1-2H3. The van der Waals surface area contributed by atoms with E-state index in [0.717, 1.165) is 45.9 Å². The second-order valence-electron chi connectivity index (χ2n) is 19.9. The largest absolute Gasteiger partial charge is 0.456 e. The fraction of sp³-hybridized carbons (Fsp3) is 0.0571. The Kier molecular flexibility index (Phi) is 9.43. The summed E-state index contributed by atoms with van der Waals surface area (Å²) >= 11 is 1.89. The van der Waals surface area contributed by atoms with Crippen molar-refractivity contribution in [3.63, 3.8) is 0 Å². The molecule has 344 valence electrons. The fourth-order valence-electron chi connectivity index (χ4n) is 12.6. The first-order chi connectivity index (χ1) is 36.1. The van der Waals surface area contributed by atoms with Gasteiger partial charge in [0.15, 0.2) is 0 Å². The highest BCUT2D eigenvalue weighted by Crippen LogP contribution is 2.60. The molecule has 0 spiro atoms. The third-order valence-corrected chi connectivity index (χ3v) is 17.1. The molecule has 0 saturated heterocycles. The molecule has 3 heteroatoms. The molecule has 2 aromatic heterocycles. The van der Waals surface area contributed by atoms with E-state index in [9.17, 15) is 0 Å². The number of aryl methyl sites for hydroxylation is 1. The maximum atomic E-state index is 6.59. The van der Waals surface area contributed by atoms with Gasteiger partial charge in [-0.15, -0.1) is 11.3 Å². The normalized spacial score (nSPS) is 12.4. The molecule has 0 fully saturated rings. The molecule has 0 radical (unpaired) electrons. The molecule has 0 unspecified atom stereocenters. The Labute approximate surface area is 428 Å². The van der Waals surface area contributed by atoms with Gasteiger partial charge >= 0.3 is 0 Å². The highest BCUT2D eigenvalue weighted by Gasteiger charge is 2.37. The Morgan fingerprint density at radius 1 is 0.370 bits per heavy atom. The summed E-state index contributed by atoms with van der Waals surface area (Å²) in [5.74, 6) is 0. The summed E-state index contributed by atoms with van der Waals surface area (Å²) in [7, 11) is 0. The number of hydrogen-bond acceptors (Lipinski definition) is 3. The van der Waals surface area contributed by atoms with Gasteiger partial charge in [0, 0.05) is 54.9 Å². The van der Waals surface area contributed by atoms with Gasteiger partial charge in [0.1, 0.15) is 11.2 Å². The Bertz CT molecular complexity index is 4400. The van der Waals surface area contributed by atoms with E-state index in [1.807, 2.05) is 11.3 Å². The van der Waals surface area contributed by atoms with Gasteiger partial charge in [-0.25, -0.2) is 0 Å². The van der Waals surface area contributed by atoms with E-state index in [-0.39, 0.29) is 0 Å². The summed E-state index contributed by atoms with van der Waals surface area (Å²) < 4.78 is 9.13. The summed E-state index contributed by atoms with van der Waals surface area (Å²) in [4.78, 5) is 2.81. The molecule has 11 aromatic carbocycles. The smallest absolute Gasteiger partial charge is 0.136 e. The Morgan fingerprint density at radius 3 is 1.67 bits per heavy atom. The molecule has 15 rings (SSSR count). The summed E-state index contributed by atoms with van der Waals surface area (Å²) in [5, 5.41) is 4.78. The first-order valence-electron chi connectivity index (χ1n) is 25.4. The van der Waals surface area contributed by atoms with Gasteiger partial charge in [0.05, 0.1) is 17.1 Å². The molecule has 2 aliphatic carbocycles. The zero-order valence-corrected chi connectivity index (χ0v) is 41.4. The van der Waals surface area contributed by atoms with Gasteiger partial charge in [0.2, 0.25) is 0 Å². The number of para-hydroxylation sites is 1. The molecule has 0 atom stereocenters. The van der Waals surface area contributed by atoms with Gasteiger partial charge in [-0.1, -0.05) is 194 Å². The summed E-state index contributed by atoms with van der Waals surface area (Å²) in [6.45, 7) is 4.70. The molecular formula is C70H47NOS. The Hall–Kier alpha value is -8.76. The predicted octanol–water partition coefficient (Wildman–Crippen LogP) is 19.9. The highest BCUT2D eigenvalue weighted by atomic mass is 32.1. The lowest BCUT2D eigenvalue weighted by Crippen LogP contribution is -2.19. The van der Waals surface area contributed by atoms with Crippen molar-refractivity contribution in [2.75, 3.05) is 4.90 Å². The van der Waals surface area contributed by atoms with Crippen LogP contribution in [0.3, 0.4) is 0 Å². The molecule has 0 N–H and O–H groups in total. The van der Waals surface area contributed by atoms with Crippen molar-refractivity contribution in [1.29, 1.82) is 0 Å². The maximum absolute atomic E-state index is 6.59. The fourth-order valence-corrected chi connectivity index (χ4v) is 13.7. The van der Waals surface area contributed by atoms with Crippen molar-refractivity contribution in [3.8, 4) is 66.8 Å². The third kappa shape index (κ3) is 6.35. The van der Waals surface area contributed by atoms with Crippen molar-refractivity contribution >= 4 is 70.5 Å². The first kappa shape index (κ1) is 42.0. The predicted molar refractivity (Wildman–Crippen MR) is 309 cm³/mol. The van der Waals surface area contributed by atoms with E-state index in [1.165, 1.54) is 126 Å². The van der Waals surface area contributed by atoms with Crippen LogP contribution in [0.15, 0.2) is 229 Å². The average molecular weight is 950 g/mol. The molecule has 0 saturated carbocycles. The van der Waals surface area contributed by atoms with E-state index in [2.05, 4.69) is 243 Å². The summed E-state index contributed by atoms with van der Waals surface area (Å²) in [6.07, 6.45) is 1.64. The van der Waals surface area contributed by atoms with Crippen LogP contribution in [0, 0.1) is 13.8 Å². The second kappa shape index (κ2) is 16.4. The van der Waals surface area contributed by atoms with E-state index >= 15 is 0 Å². The minimum atomic E-state index is 0.807. The summed E-state index contributed by atoms with van der Waals surface area (Å²) in [5.41, 5.74) is 28.2. The molecule has 73 heavy (non-hydrogen) atoms. The van der Waals surface area contributed by atoms with Crippen molar-refractivity contribution in [2.45, 2.75) is 26.7 Å². The van der Waals surface area contributed by atoms with Crippen LogP contribution in [0.25, 0.3) is 109 Å². The van der Waals surface area contributed by atoms with Crippen LogP contribution in [0.1, 0.15) is 33.4 Å². The summed E-state index contributed by atoms with van der Waals surface area (Å²) in [6, 6.07) is 83.5. The first-order valence-corrected chi connectivity index (χ1v) is 26.2. The van der Waals surface area contributed by atoms with Crippen molar-refractivity contribution in [1.82, 2.24) is 0 Å². The molecule has 0 amide bonds. The minimum Gasteiger partial charge on any atom is -0.456 e. The number of furan rings is 1. The third-order valence-electron chi connectivity index (χ3n) is 15.9. The lowest BCUT2D eigenvalue weighted by Gasteiger charge is -2.36. The van der Waals surface area contributed by atoms with Crippen LogP contribution in [0.4, 0.5) is 17.1 Å². The Morgan fingerprint density at radius 2 is 0.932 bits per heavy atom. The number of rotatable bonds is 7. The lowest BCUT2D eigenvalue weighted by atomic mass is 9.85. The monoisotopic (exact) mass is 949 g/mol. The van der Waals surface area contributed by atoms with Crippen molar-refractivity contribution < 1.29 is 4.42 Å². The maximum Gasteiger partial charge on any atom is 0.136 e. The molecule has 2 heterocycles. The SMILES string of the molecule is Cc1cc2c(c(N(c3c4c(cc(-c5ccccc5)c3-c3ccccc3)-c3ccccc3C4)c3c(-c4ccccc4-c4cccc5oc6ccccc6c45)ccc4sc5ccccc5c34)c1C)Cc1ccccc1-2. The van der Waals surface area contributed by atoms with E-state index in [4.69, 9.17) is 4.42 Å². The zero-order valence-electron chi connectivity index (χ0n) is 40.5. The zero-order chi connectivity index (χ0) is 48.3. The number of hydrogen-bond donors (Lipinski definition) is 0. The van der Waals surface area contributed by atoms with Gasteiger partial charge in [-0.2, -0.15) is 0 Å². The van der Waals surface area contributed by atoms with E-state index in [0.29, 0.717) is 0 Å².